The molecule has 2 rings (SSSR count). The van der Waals surface area contributed by atoms with Crippen LogP contribution in [-0.4, -0.2) is 42.5 Å². The highest BCUT2D eigenvalue weighted by molar-refractivity contribution is 5.20. The van der Waals surface area contributed by atoms with Crippen LogP contribution in [0.2, 0.25) is 0 Å². The van der Waals surface area contributed by atoms with Crippen molar-refractivity contribution in [2.24, 2.45) is 0 Å². The fourth-order valence-electron chi connectivity index (χ4n) is 2.42. The van der Waals surface area contributed by atoms with Crippen molar-refractivity contribution in [3.05, 3.63) is 35.9 Å². The highest BCUT2D eigenvalue weighted by Crippen LogP contribution is 2.24. The Labute approximate surface area is 109 Å². The zero-order valence-electron chi connectivity index (χ0n) is 10.4. The van der Waals surface area contributed by atoms with Crippen LogP contribution in [-0.2, 0) is 0 Å². The van der Waals surface area contributed by atoms with Crippen molar-refractivity contribution in [1.29, 1.82) is 5.26 Å². The normalized spacial score (nSPS) is 21.1. The lowest BCUT2D eigenvalue weighted by Gasteiger charge is -2.40. The van der Waals surface area contributed by atoms with Gasteiger partial charge in [0.15, 0.2) is 0 Å². The molecular weight excluding hydrogens is 222 g/mol. The van der Waals surface area contributed by atoms with Crippen molar-refractivity contribution in [2.45, 2.75) is 6.04 Å². The summed E-state index contributed by atoms with van der Waals surface area (Å²) in [5.74, 6) is 2.73. The van der Waals surface area contributed by atoms with Crippen molar-refractivity contribution in [1.82, 2.24) is 9.80 Å². The Kier molecular flexibility index (Phi) is 4.36. The Morgan fingerprint density at radius 3 is 2.67 bits per heavy atom. The van der Waals surface area contributed by atoms with Crippen LogP contribution >= 0.6 is 0 Å². The molecule has 3 nitrogen and oxygen atoms in total. The van der Waals surface area contributed by atoms with E-state index in [-0.39, 0.29) is 0 Å². The van der Waals surface area contributed by atoms with Gasteiger partial charge in [-0.05, 0) is 5.56 Å². The minimum Gasteiger partial charge on any atom is -0.287 e. The summed E-state index contributed by atoms with van der Waals surface area (Å²) in [6.45, 7) is 3.87. The highest BCUT2D eigenvalue weighted by Gasteiger charge is 2.27. The second-order valence-electron chi connectivity index (χ2n) is 4.49. The van der Waals surface area contributed by atoms with Gasteiger partial charge in [-0.25, -0.2) is 0 Å². The van der Waals surface area contributed by atoms with E-state index in [1.54, 1.807) is 0 Å². The number of piperazine rings is 1. The number of terminal acetylenes is 1. The van der Waals surface area contributed by atoms with E-state index in [9.17, 15) is 0 Å². The number of nitrogens with zero attached hydrogens (tertiary/aromatic N) is 3. The maximum atomic E-state index is 8.81. The largest absolute Gasteiger partial charge is 0.287 e. The molecule has 18 heavy (non-hydrogen) atoms. The van der Waals surface area contributed by atoms with Crippen molar-refractivity contribution in [2.75, 3.05) is 32.7 Å². The van der Waals surface area contributed by atoms with E-state index in [1.165, 1.54) is 5.56 Å². The fraction of sp³-hybridized carbons (Fsp3) is 0.400. The zero-order chi connectivity index (χ0) is 12.8. The van der Waals surface area contributed by atoms with Gasteiger partial charge in [0.2, 0.25) is 0 Å². The van der Waals surface area contributed by atoms with Crippen LogP contribution in [0.1, 0.15) is 11.6 Å². The Balaban J connectivity index is 2.15. The first-order chi connectivity index (χ1) is 8.85. The molecule has 0 radical (unpaired) electrons. The summed E-state index contributed by atoms with van der Waals surface area (Å²) >= 11 is 0. The maximum Gasteiger partial charge on any atom is 0.0867 e. The van der Waals surface area contributed by atoms with Gasteiger partial charge in [0, 0.05) is 25.7 Å². The lowest BCUT2D eigenvalue weighted by Crippen LogP contribution is -2.48. The number of benzene rings is 1. The van der Waals surface area contributed by atoms with Gasteiger partial charge in [0.05, 0.1) is 19.2 Å². The maximum absolute atomic E-state index is 8.81. The molecule has 1 fully saturated rings. The second-order valence-corrected chi connectivity index (χ2v) is 4.49. The van der Waals surface area contributed by atoms with Crippen LogP contribution in [0, 0.1) is 23.7 Å². The molecule has 1 unspecified atom stereocenters. The summed E-state index contributed by atoms with van der Waals surface area (Å²) in [4.78, 5) is 4.49. The van der Waals surface area contributed by atoms with Gasteiger partial charge in [0.1, 0.15) is 0 Å². The summed E-state index contributed by atoms with van der Waals surface area (Å²) in [6, 6.07) is 12.9. The van der Waals surface area contributed by atoms with E-state index in [0.29, 0.717) is 19.1 Å². The predicted molar refractivity (Wildman–Crippen MR) is 71.6 cm³/mol. The van der Waals surface area contributed by atoms with Gasteiger partial charge >= 0.3 is 0 Å². The smallest absolute Gasteiger partial charge is 0.0867 e. The van der Waals surface area contributed by atoms with Gasteiger partial charge < -0.3 is 0 Å². The minimum absolute atomic E-state index is 0.296. The Morgan fingerprint density at radius 1 is 1.22 bits per heavy atom. The third kappa shape index (κ3) is 2.90. The second kappa shape index (κ2) is 6.21. The van der Waals surface area contributed by atoms with Crippen LogP contribution in [0.5, 0.6) is 0 Å². The van der Waals surface area contributed by atoms with Crippen LogP contribution < -0.4 is 0 Å². The third-order valence-corrected chi connectivity index (χ3v) is 3.35. The summed E-state index contributed by atoms with van der Waals surface area (Å²) in [7, 11) is 0. The number of hydrogen-bond acceptors (Lipinski definition) is 3. The summed E-state index contributed by atoms with van der Waals surface area (Å²) in [5, 5.41) is 8.81. The first-order valence-electron chi connectivity index (χ1n) is 6.17. The topological polar surface area (TPSA) is 30.3 Å². The lowest BCUT2D eigenvalue weighted by molar-refractivity contribution is 0.0943. The van der Waals surface area contributed by atoms with Crippen LogP contribution in [0.15, 0.2) is 30.3 Å². The summed E-state index contributed by atoms with van der Waals surface area (Å²) in [6.07, 6.45) is 5.44. The molecule has 0 amide bonds. The van der Waals surface area contributed by atoms with Crippen LogP contribution in [0.25, 0.3) is 0 Å². The Hall–Kier alpha value is -1.81. The standard InChI is InChI=1S/C15H17N3/c1-2-9-18-12-11-17(10-8-16)13-15(18)14-6-4-3-5-7-14/h1,3-7,15H,9-13H2. The molecule has 1 aliphatic heterocycles. The molecule has 0 saturated carbocycles. The van der Waals surface area contributed by atoms with E-state index in [1.807, 2.05) is 18.2 Å². The molecule has 1 atom stereocenters. The van der Waals surface area contributed by atoms with Gasteiger partial charge in [0.25, 0.3) is 0 Å². The molecule has 3 heteroatoms. The zero-order valence-corrected chi connectivity index (χ0v) is 10.4. The first kappa shape index (κ1) is 12.6. The molecule has 0 spiro atoms. The molecule has 0 aliphatic carbocycles. The number of hydrogen-bond donors (Lipinski definition) is 0. The molecule has 92 valence electrons. The molecular formula is C15H17N3. The SMILES string of the molecule is C#CCN1CCN(CC#N)CC1c1ccccc1. The monoisotopic (exact) mass is 239 g/mol. The molecule has 1 aromatic rings. The van der Waals surface area contributed by atoms with Gasteiger partial charge in [-0.1, -0.05) is 36.3 Å². The van der Waals surface area contributed by atoms with Gasteiger partial charge in [-0.2, -0.15) is 5.26 Å². The lowest BCUT2D eigenvalue weighted by atomic mass is 10.0. The molecule has 1 heterocycles. The van der Waals surface area contributed by atoms with E-state index < -0.39 is 0 Å². The molecule has 1 saturated heterocycles. The number of rotatable bonds is 3. The average molecular weight is 239 g/mol. The first-order valence-corrected chi connectivity index (χ1v) is 6.17. The predicted octanol–water partition coefficient (Wildman–Crippen LogP) is 1.50. The average Bonchev–Trinajstić information content (AvgIpc) is 2.42. The minimum atomic E-state index is 0.296. The molecule has 0 N–H and O–H groups in total. The fourth-order valence-corrected chi connectivity index (χ4v) is 2.42. The Bertz CT molecular complexity index is 455. The quantitative estimate of drug-likeness (QED) is 0.591. The van der Waals surface area contributed by atoms with Crippen LogP contribution in [0.4, 0.5) is 0 Å². The van der Waals surface area contributed by atoms with Gasteiger partial charge in [-0.3, -0.25) is 9.80 Å². The number of nitriles is 1. The van der Waals surface area contributed by atoms with Crippen molar-refractivity contribution in [3.63, 3.8) is 0 Å². The van der Waals surface area contributed by atoms with Crippen LogP contribution in [0.3, 0.4) is 0 Å². The molecule has 0 aromatic heterocycles. The molecule has 1 aromatic carbocycles. The summed E-state index contributed by atoms with van der Waals surface area (Å²) < 4.78 is 0. The molecule has 0 bridgehead atoms. The molecule has 1 aliphatic rings. The van der Waals surface area contributed by atoms with Gasteiger partial charge in [-0.15, -0.1) is 6.42 Å². The third-order valence-electron chi connectivity index (χ3n) is 3.35. The Morgan fingerprint density at radius 2 is 2.00 bits per heavy atom. The van der Waals surface area contributed by atoms with Crippen molar-refractivity contribution < 1.29 is 0 Å². The van der Waals surface area contributed by atoms with E-state index in [2.05, 4.69) is 33.9 Å². The highest BCUT2D eigenvalue weighted by atomic mass is 15.3. The van der Waals surface area contributed by atoms with E-state index in [0.717, 1.165) is 19.6 Å². The van der Waals surface area contributed by atoms with E-state index in [4.69, 9.17) is 11.7 Å². The van der Waals surface area contributed by atoms with Crippen molar-refractivity contribution in [3.8, 4) is 18.4 Å². The van der Waals surface area contributed by atoms with E-state index >= 15 is 0 Å². The van der Waals surface area contributed by atoms with Crippen molar-refractivity contribution >= 4 is 0 Å². The summed E-state index contributed by atoms with van der Waals surface area (Å²) in [5.41, 5.74) is 1.27.